The number of rotatable bonds is 8. The fraction of sp³-hybridized carbons (Fsp3) is 0.222. The fourth-order valence-corrected chi connectivity index (χ4v) is 3.50. The van der Waals surface area contributed by atoms with Crippen molar-refractivity contribution in [1.82, 2.24) is 0 Å². The molecule has 0 aromatic heterocycles. The maximum Gasteiger partial charge on any atom is 0.351 e. The first-order valence-electron chi connectivity index (χ1n) is 11.5. The highest BCUT2D eigenvalue weighted by Crippen LogP contribution is 2.33. The number of carbonyl (C=O) groups excluding carboxylic acids is 3. The van der Waals surface area contributed by atoms with E-state index in [2.05, 4.69) is 10.6 Å². The molecule has 1 aliphatic heterocycles. The van der Waals surface area contributed by atoms with E-state index >= 15 is 0 Å². The lowest BCUT2D eigenvalue weighted by Crippen LogP contribution is -2.45. The van der Waals surface area contributed by atoms with E-state index in [0.29, 0.717) is 35.0 Å². The number of hydrogen-bond donors (Lipinski definition) is 2. The molecule has 3 aromatic rings. The SMILES string of the molecule is CCOc1ccc(NC(=O)c2ccc(NC(=O)COC(=O)C3Oc4ccccc4OC3C)cc2)cc1. The molecule has 1 aliphatic rings. The molecule has 9 nitrogen and oxygen atoms in total. The molecule has 0 radical (unpaired) electrons. The van der Waals surface area contributed by atoms with Gasteiger partial charge in [0, 0.05) is 16.9 Å². The van der Waals surface area contributed by atoms with Gasteiger partial charge in [-0.15, -0.1) is 0 Å². The van der Waals surface area contributed by atoms with Crippen molar-refractivity contribution in [2.75, 3.05) is 23.8 Å². The van der Waals surface area contributed by atoms with Crippen molar-refractivity contribution in [3.63, 3.8) is 0 Å². The summed E-state index contributed by atoms with van der Waals surface area (Å²) in [5.41, 5.74) is 1.50. The molecule has 9 heteroatoms. The van der Waals surface area contributed by atoms with Crippen molar-refractivity contribution in [2.45, 2.75) is 26.1 Å². The number of esters is 1. The number of para-hydroxylation sites is 2. The maximum atomic E-state index is 12.5. The van der Waals surface area contributed by atoms with Crippen LogP contribution < -0.4 is 24.8 Å². The number of amides is 2. The van der Waals surface area contributed by atoms with Gasteiger partial charge in [0.25, 0.3) is 11.8 Å². The van der Waals surface area contributed by atoms with Gasteiger partial charge in [-0.3, -0.25) is 9.59 Å². The monoisotopic (exact) mass is 490 g/mol. The Morgan fingerprint density at radius 1 is 0.833 bits per heavy atom. The quantitative estimate of drug-likeness (QED) is 0.458. The van der Waals surface area contributed by atoms with E-state index in [-0.39, 0.29) is 5.91 Å². The van der Waals surface area contributed by atoms with Gasteiger partial charge in [-0.25, -0.2) is 4.79 Å². The summed E-state index contributed by atoms with van der Waals surface area (Å²) in [6.45, 7) is 3.66. The molecule has 2 N–H and O–H groups in total. The van der Waals surface area contributed by atoms with E-state index in [0.717, 1.165) is 5.75 Å². The van der Waals surface area contributed by atoms with Crippen molar-refractivity contribution in [3.8, 4) is 17.2 Å². The van der Waals surface area contributed by atoms with Crippen LogP contribution in [0.25, 0.3) is 0 Å². The minimum atomic E-state index is -0.985. The van der Waals surface area contributed by atoms with Crippen LogP contribution >= 0.6 is 0 Å². The first kappa shape index (κ1) is 24.6. The molecule has 0 aliphatic carbocycles. The lowest BCUT2D eigenvalue weighted by Gasteiger charge is -2.30. The van der Waals surface area contributed by atoms with Crippen LogP contribution in [0.2, 0.25) is 0 Å². The van der Waals surface area contributed by atoms with Crippen LogP contribution in [-0.4, -0.2) is 43.2 Å². The molecule has 2 unspecified atom stereocenters. The summed E-state index contributed by atoms with van der Waals surface area (Å²) in [6.07, 6.45) is -1.56. The Morgan fingerprint density at radius 3 is 2.11 bits per heavy atom. The summed E-state index contributed by atoms with van der Waals surface area (Å²) < 4.78 is 21.9. The molecule has 2 amide bonds. The highest BCUT2D eigenvalue weighted by molar-refractivity contribution is 6.04. The van der Waals surface area contributed by atoms with E-state index < -0.39 is 30.7 Å². The third kappa shape index (κ3) is 6.12. The Morgan fingerprint density at radius 2 is 1.44 bits per heavy atom. The van der Waals surface area contributed by atoms with Crippen LogP contribution in [0.4, 0.5) is 11.4 Å². The second-order valence-electron chi connectivity index (χ2n) is 7.95. The van der Waals surface area contributed by atoms with E-state index in [4.69, 9.17) is 18.9 Å². The zero-order valence-corrected chi connectivity index (χ0v) is 19.9. The van der Waals surface area contributed by atoms with Gasteiger partial charge in [-0.2, -0.15) is 0 Å². The van der Waals surface area contributed by atoms with Crippen molar-refractivity contribution >= 4 is 29.2 Å². The van der Waals surface area contributed by atoms with Gasteiger partial charge in [0.2, 0.25) is 6.10 Å². The topological polar surface area (TPSA) is 112 Å². The van der Waals surface area contributed by atoms with Crippen LogP contribution in [0.15, 0.2) is 72.8 Å². The molecular formula is C27H26N2O7. The lowest BCUT2D eigenvalue weighted by molar-refractivity contribution is -0.159. The molecule has 2 atom stereocenters. The van der Waals surface area contributed by atoms with Crippen LogP contribution in [-0.2, 0) is 14.3 Å². The third-order valence-corrected chi connectivity index (χ3v) is 5.27. The first-order chi connectivity index (χ1) is 17.4. The molecular weight excluding hydrogens is 464 g/mol. The number of nitrogens with one attached hydrogen (secondary N) is 2. The highest BCUT2D eigenvalue weighted by Gasteiger charge is 2.35. The second kappa shape index (κ2) is 11.3. The van der Waals surface area contributed by atoms with Crippen LogP contribution in [0.3, 0.4) is 0 Å². The fourth-order valence-electron chi connectivity index (χ4n) is 3.50. The number of fused-ring (bicyclic) bond motifs is 1. The molecule has 0 saturated heterocycles. The molecule has 0 bridgehead atoms. The molecule has 1 heterocycles. The van der Waals surface area contributed by atoms with Crippen LogP contribution in [0, 0.1) is 0 Å². The van der Waals surface area contributed by atoms with Gasteiger partial charge in [0.1, 0.15) is 11.9 Å². The molecule has 36 heavy (non-hydrogen) atoms. The van der Waals surface area contributed by atoms with Gasteiger partial charge in [-0.1, -0.05) is 12.1 Å². The molecule has 4 rings (SSSR count). The largest absolute Gasteiger partial charge is 0.494 e. The summed E-state index contributed by atoms with van der Waals surface area (Å²) >= 11 is 0. The Bertz CT molecular complexity index is 1230. The summed E-state index contributed by atoms with van der Waals surface area (Å²) in [6, 6.07) is 20.4. The lowest BCUT2D eigenvalue weighted by atomic mass is 10.2. The predicted molar refractivity (Wildman–Crippen MR) is 133 cm³/mol. The Labute approximate surface area is 208 Å². The zero-order chi connectivity index (χ0) is 25.5. The normalized spacial score (nSPS) is 15.9. The van der Waals surface area contributed by atoms with Gasteiger partial charge in [-0.05, 0) is 74.5 Å². The van der Waals surface area contributed by atoms with Crippen LogP contribution in [0.1, 0.15) is 24.2 Å². The predicted octanol–water partition coefficient (Wildman–Crippen LogP) is 4.05. The molecule has 186 valence electrons. The third-order valence-electron chi connectivity index (χ3n) is 5.27. The summed E-state index contributed by atoms with van der Waals surface area (Å²) in [5.74, 6) is 0.183. The number of benzene rings is 3. The number of carbonyl (C=O) groups is 3. The Balaban J connectivity index is 1.25. The van der Waals surface area contributed by atoms with E-state index in [1.807, 2.05) is 6.92 Å². The minimum absolute atomic E-state index is 0.295. The van der Waals surface area contributed by atoms with Gasteiger partial charge in [0.15, 0.2) is 18.1 Å². The van der Waals surface area contributed by atoms with Crippen molar-refractivity contribution in [2.24, 2.45) is 0 Å². The maximum absolute atomic E-state index is 12.5. The number of hydrogen-bond acceptors (Lipinski definition) is 7. The average molecular weight is 491 g/mol. The van der Waals surface area contributed by atoms with Crippen molar-refractivity contribution < 1.29 is 33.3 Å². The Hall–Kier alpha value is -4.53. The average Bonchev–Trinajstić information content (AvgIpc) is 2.88. The molecule has 3 aromatic carbocycles. The van der Waals surface area contributed by atoms with E-state index in [9.17, 15) is 14.4 Å². The van der Waals surface area contributed by atoms with E-state index in [1.165, 1.54) is 0 Å². The summed E-state index contributed by atoms with van der Waals surface area (Å²) in [7, 11) is 0. The zero-order valence-electron chi connectivity index (χ0n) is 19.9. The highest BCUT2D eigenvalue weighted by atomic mass is 16.6. The minimum Gasteiger partial charge on any atom is -0.494 e. The molecule has 0 spiro atoms. The van der Waals surface area contributed by atoms with Crippen molar-refractivity contribution in [3.05, 3.63) is 78.4 Å². The molecule has 0 saturated carbocycles. The van der Waals surface area contributed by atoms with Gasteiger partial charge in [0.05, 0.1) is 6.61 Å². The van der Waals surface area contributed by atoms with Crippen LogP contribution in [0.5, 0.6) is 17.2 Å². The smallest absolute Gasteiger partial charge is 0.351 e. The standard InChI is InChI=1S/C27H26N2O7/c1-3-33-21-14-12-20(13-15-21)29-26(31)18-8-10-19(11-9-18)28-24(30)16-34-27(32)25-17(2)35-22-6-4-5-7-23(22)36-25/h4-15,17,25H,3,16H2,1-2H3,(H,28,30)(H,29,31). The first-order valence-corrected chi connectivity index (χ1v) is 11.5. The molecule has 0 fully saturated rings. The van der Waals surface area contributed by atoms with E-state index in [1.54, 1.807) is 79.7 Å². The number of anilines is 2. The van der Waals surface area contributed by atoms with Gasteiger partial charge >= 0.3 is 5.97 Å². The van der Waals surface area contributed by atoms with Gasteiger partial charge < -0.3 is 29.6 Å². The van der Waals surface area contributed by atoms with Crippen molar-refractivity contribution in [1.29, 1.82) is 0 Å². The second-order valence-corrected chi connectivity index (χ2v) is 7.95. The summed E-state index contributed by atoms with van der Waals surface area (Å²) in [4.78, 5) is 37.2. The Kier molecular flexibility index (Phi) is 7.69. The number of ether oxygens (including phenoxy) is 4. The summed E-state index contributed by atoms with van der Waals surface area (Å²) in [5, 5.41) is 5.43.